The summed E-state index contributed by atoms with van der Waals surface area (Å²) in [6.07, 6.45) is 6.62. The zero-order chi connectivity index (χ0) is 14.5. The summed E-state index contributed by atoms with van der Waals surface area (Å²) in [5.74, 6) is 0. The third-order valence-electron chi connectivity index (χ3n) is 2.45. The van der Waals surface area contributed by atoms with E-state index in [2.05, 4.69) is 30.3 Å². The average Bonchev–Trinajstić information content (AvgIpc) is 3.04. The van der Waals surface area contributed by atoms with E-state index in [1.54, 1.807) is 37.8 Å². The van der Waals surface area contributed by atoms with Crippen LogP contribution in [0.5, 0.6) is 6.01 Å². The lowest BCUT2D eigenvalue weighted by Crippen LogP contribution is -1.98. The first-order chi connectivity index (χ1) is 10.3. The van der Waals surface area contributed by atoms with Gasteiger partial charge in [0.05, 0.1) is 0 Å². The van der Waals surface area contributed by atoms with Crippen LogP contribution in [0.25, 0.3) is 10.6 Å². The third kappa shape index (κ3) is 3.23. The van der Waals surface area contributed by atoms with Crippen LogP contribution < -0.4 is 4.84 Å². The standard InChI is InChI=1S/C13H10N6OS/c1-9(19-20-13-15-6-3-7-16-13)11-17-18-12(21-11)10-4-2-5-14-8-10/h2-8H,1H3/b19-9+. The number of hydrogen-bond donors (Lipinski definition) is 0. The Morgan fingerprint density at radius 1 is 1.14 bits per heavy atom. The maximum absolute atomic E-state index is 5.13. The summed E-state index contributed by atoms with van der Waals surface area (Å²) < 4.78 is 0. The highest BCUT2D eigenvalue weighted by molar-refractivity contribution is 7.16. The molecule has 0 aliphatic rings. The monoisotopic (exact) mass is 298 g/mol. The highest BCUT2D eigenvalue weighted by Crippen LogP contribution is 2.22. The molecule has 0 unspecified atom stereocenters. The molecule has 3 aromatic heterocycles. The quantitative estimate of drug-likeness (QED) is 0.542. The van der Waals surface area contributed by atoms with Crippen LogP contribution in [0, 0.1) is 0 Å². The van der Waals surface area contributed by atoms with Crippen LogP contribution in [0.4, 0.5) is 0 Å². The molecular weight excluding hydrogens is 288 g/mol. The van der Waals surface area contributed by atoms with Crippen LogP contribution in [-0.2, 0) is 0 Å². The van der Waals surface area contributed by atoms with Gasteiger partial charge < -0.3 is 4.84 Å². The molecule has 0 aromatic carbocycles. The molecule has 8 heteroatoms. The van der Waals surface area contributed by atoms with Crippen molar-refractivity contribution in [1.29, 1.82) is 0 Å². The Morgan fingerprint density at radius 3 is 2.76 bits per heavy atom. The molecule has 7 nitrogen and oxygen atoms in total. The average molecular weight is 298 g/mol. The van der Waals surface area contributed by atoms with Crippen molar-refractivity contribution in [3.05, 3.63) is 48.0 Å². The molecule has 21 heavy (non-hydrogen) atoms. The molecule has 0 radical (unpaired) electrons. The minimum absolute atomic E-state index is 0.189. The smallest absolute Gasteiger partial charge is 0.315 e. The van der Waals surface area contributed by atoms with Crippen molar-refractivity contribution in [3.63, 3.8) is 0 Å². The van der Waals surface area contributed by atoms with Crippen LogP contribution >= 0.6 is 11.3 Å². The SMILES string of the molecule is C/C(=N\Oc1ncccn1)c1nnc(-c2cccnc2)s1. The molecule has 0 saturated carbocycles. The Bertz CT molecular complexity index is 744. The first-order valence-corrected chi connectivity index (χ1v) is 6.87. The molecule has 0 fully saturated rings. The second-order valence-electron chi connectivity index (χ2n) is 3.95. The van der Waals surface area contributed by atoms with Crippen molar-refractivity contribution in [2.45, 2.75) is 6.92 Å². The van der Waals surface area contributed by atoms with Crippen LogP contribution in [-0.4, -0.2) is 30.9 Å². The molecule has 0 N–H and O–H groups in total. The molecule has 0 aliphatic heterocycles. The van der Waals surface area contributed by atoms with E-state index < -0.39 is 0 Å². The van der Waals surface area contributed by atoms with Gasteiger partial charge in [-0.2, -0.15) is 0 Å². The maximum atomic E-state index is 5.13. The van der Waals surface area contributed by atoms with Gasteiger partial charge in [0.25, 0.3) is 0 Å². The summed E-state index contributed by atoms with van der Waals surface area (Å²) in [5.41, 5.74) is 1.52. The molecular formula is C13H10N6OS. The summed E-state index contributed by atoms with van der Waals surface area (Å²) in [5, 5.41) is 13.6. The Kier molecular flexibility index (Phi) is 3.88. The molecule has 0 saturated heterocycles. The lowest BCUT2D eigenvalue weighted by Gasteiger charge is -1.96. The van der Waals surface area contributed by atoms with E-state index in [0.717, 1.165) is 10.6 Å². The van der Waals surface area contributed by atoms with Crippen LogP contribution in [0.2, 0.25) is 0 Å². The van der Waals surface area contributed by atoms with E-state index in [1.165, 1.54) is 11.3 Å². The Morgan fingerprint density at radius 2 is 2.00 bits per heavy atom. The largest absolute Gasteiger partial charge is 0.345 e. The van der Waals surface area contributed by atoms with Crippen molar-refractivity contribution in [1.82, 2.24) is 25.1 Å². The predicted octanol–water partition coefficient (Wildman–Crippen LogP) is 2.19. The fourth-order valence-corrected chi connectivity index (χ4v) is 2.23. The van der Waals surface area contributed by atoms with E-state index in [-0.39, 0.29) is 6.01 Å². The second-order valence-corrected chi connectivity index (χ2v) is 4.93. The lowest BCUT2D eigenvalue weighted by molar-refractivity contribution is 0.312. The number of aromatic nitrogens is 5. The van der Waals surface area contributed by atoms with Gasteiger partial charge in [0, 0.05) is 30.4 Å². The van der Waals surface area contributed by atoms with E-state index in [0.29, 0.717) is 10.7 Å². The Hall–Kier alpha value is -2.74. The zero-order valence-electron chi connectivity index (χ0n) is 11.0. The third-order valence-corrected chi connectivity index (χ3v) is 3.53. The summed E-state index contributed by atoms with van der Waals surface area (Å²) in [6.45, 7) is 1.79. The Labute approximate surface area is 124 Å². The normalized spacial score (nSPS) is 11.4. The summed E-state index contributed by atoms with van der Waals surface area (Å²) in [4.78, 5) is 17.0. The van der Waals surface area contributed by atoms with E-state index in [1.807, 2.05) is 12.1 Å². The molecule has 3 rings (SSSR count). The van der Waals surface area contributed by atoms with Gasteiger partial charge in [0.15, 0.2) is 5.01 Å². The van der Waals surface area contributed by atoms with Gasteiger partial charge in [-0.15, -0.1) is 10.2 Å². The van der Waals surface area contributed by atoms with E-state index in [4.69, 9.17) is 4.84 Å². The summed E-state index contributed by atoms with van der Waals surface area (Å²) >= 11 is 1.42. The summed E-state index contributed by atoms with van der Waals surface area (Å²) in [7, 11) is 0. The highest BCUT2D eigenvalue weighted by Gasteiger charge is 2.09. The van der Waals surface area contributed by atoms with E-state index in [9.17, 15) is 0 Å². The van der Waals surface area contributed by atoms with Crippen molar-refractivity contribution in [2.75, 3.05) is 0 Å². The van der Waals surface area contributed by atoms with Crippen LogP contribution in [0.15, 0.2) is 48.1 Å². The number of hydrogen-bond acceptors (Lipinski definition) is 8. The number of nitrogens with zero attached hydrogens (tertiary/aromatic N) is 6. The highest BCUT2D eigenvalue weighted by atomic mass is 32.1. The van der Waals surface area contributed by atoms with Gasteiger partial charge >= 0.3 is 6.01 Å². The second kappa shape index (κ2) is 6.14. The number of oxime groups is 1. The molecule has 0 aliphatic carbocycles. The van der Waals surface area contributed by atoms with Crippen molar-refractivity contribution in [3.8, 4) is 16.6 Å². The topological polar surface area (TPSA) is 86.0 Å². The first kappa shape index (κ1) is 13.3. The van der Waals surface area contributed by atoms with Gasteiger partial charge in [-0.05, 0) is 25.1 Å². The van der Waals surface area contributed by atoms with Gasteiger partial charge in [0.1, 0.15) is 10.7 Å². The fraction of sp³-hybridized carbons (Fsp3) is 0.0769. The molecule has 104 valence electrons. The van der Waals surface area contributed by atoms with Gasteiger partial charge in [-0.3, -0.25) is 4.98 Å². The molecule has 0 atom stereocenters. The van der Waals surface area contributed by atoms with E-state index >= 15 is 0 Å². The minimum Gasteiger partial charge on any atom is -0.315 e. The van der Waals surface area contributed by atoms with Crippen LogP contribution in [0.3, 0.4) is 0 Å². The lowest BCUT2D eigenvalue weighted by atomic mass is 10.3. The number of rotatable bonds is 4. The van der Waals surface area contributed by atoms with Crippen molar-refractivity contribution < 1.29 is 4.84 Å². The maximum Gasteiger partial charge on any atom is 0.345 e. The molecule has 3 aromatic rings. The summed E-state index contributed by atoms with van der Waals surface area (Å²) in [6, 6.07) is 5.67. The molecule has 0 spiro atoms. The van der Waals surface area contributed by atoms with Crippen molar-refractivity contribution in [2.24, 2.45) is 5.16 Å². The van der Waals surface area contributed by atoms with Gasteiger partial charge in [-0.1, -0.05) is 16.5 Å². The molecule has 0 amide bonds. The fourth-order valence-electron chi connectivity index (χ4n) is 1.46. The van der Waals surface area contributed by atoms with Crippen LogP contribution in [0.1, 0.15) is 11.9 Å². The van der Waals surface area contributed by atoms with Gasteiger partial charge in [-0.25, -0.2) is 9.97 Å². The molecule has 3 heterocycles. The minimum atomic E-state index is 0.189. The zero-order valence-corrected chi connectivity index (χ0v) is 11.9. The Balaban J connectivity index is 1.77. The molecule has 0 bridgehead atoms. The van der Waals surface area contributed by atoms with Crippen molar-refractivity contribution >= 4 is 17.0 Å². The number of pyridine rings is 1. The first-order valence-electron chi connectivity index (χ1n) is 6.06. The predicted molar refractivity (Wildman–Crippen MR) is 78.0 cm³/mol. The van der Waals surface area contributed by atoms with Gasteiger partial charge in [0.2, 0.25) is 0 Å².